The summed E-state index contributed by atoms with van der Waals surface area (Å²) in [7, 11) is -4.44. The van der Waals surface area contributed by atoms with Gasteiger partial charge in [0, 0.05) is 42.9 Å². The van der Waals surface area contributed by atoms with Crippen LogP contribution in [0.1, 0.15) is 71.3 Å². The number of hydrogen-bond acceptors (Lipinski definition) is 11. The summed E-state index contributed by atoms with van der Waals surface area (Å²) >= 11 is 14.1. The number of piperidine rings is 2. The number of aromatic amines is 1. The Bertz CT molecular complexity index is 2420. The smallest absolute Gasteiger partial charge is 0.387 e. The van der Waals surface area contributed by atoms with E-state index in [0.29, 0.717) is 29.2 Å². The molecular formula is C45H47Cl2F2N4O9S2+. The second kappa shape index (κ2) is 20.3. The highest BCUT2D eigenvalue weighted by Crippen LogP contribution is 2.39. The van der Waals surface area contributed by atoms with Crippen molar-refractivity contribution in [2.45, 2.75) is 73.7 Å². The molecule has 4 aliphatic rings. The van der Waals surface area contributed by atoms with Crippen LogP contribution in [0.2, 0.25) is 10.0 Å². The van der Waals surface area contributed by atoms with Crippen molar-refractivity contribution < 1.29 is 55.5 Å². The fourth-order valence-corrected chi connectivity index (χ4v) is 12.0. The molecule has 340 valence electrons. The van der Waals surface area contributed by atoms with Crippen molar-refractivity contribution in [2.75, 3.05) is 38.5 Å². The van der Waals surface area contributed by atoms with Gasteiger partial charge >= 0.3 is 18.6 Å². The Labute approximate surface area is 384 Å². The fourth-order valence-electron chi connectivity index (χ4n) is 8.33. The van der Waals surface area contributed by atoms with Gasteiger partial charge in [0.25, 0.3) is 5.91 Å². The standard InChI is InChI=1S/C45H46Cl2F2N4O9S2/c46-35-22-50-23-36(47)34(35)21-38(30-13-14-37(62-45(48)49)39(20-30)59-26-27-11-12-27)61-44(56)42-53(16-17-63-42)64(57,58)33-10-4-9-31(19-33)41(54)51-40(29-7-2-1-3-8-29)43(55)60-32-18-28-6-5-15-52(24-28)25-32/h1-4,7-10,13-14,19-20,22-23,27-28,32,38,40,42,45H,5-6,11-12,15-18,21,24-26H2,(H,51,54)/p+1/t28?,32-,38+,40?,42+/m1/s1. The number of nitrogens with zero attached hydrogens (tertiary/aromatic N) is 2. The Morgan fingerprint density at radius 2 is 1.69 bits per heavy atom. The number of ether oxygens (including phenoxy) is 4. The van der Waals surface area contributed by atoms with Gasteiger partial charge < -0.3 is 24.3 Å². The molecule has 3 unspecified atom stereocenters. The quantitative estimate of drug-likeness (QED) is 0.106. The predicted octanol–water partition coefficient (Wildman–Crippen LogP) is 7.29. The van der Waals surface area contributed by atoms with Gasteiger partial charge in [0.1, 0.15) is 22.3 Å². The summed E-state index contributed by atoms with van der Waals surface area (Å²) in [6.07, 6.45) is 6.26. The average Bonchev–Trinajstić information content (AvgIpc) is 3.97. The monoisotopic (exact) mass is 959 g/mol. The number of benzene rings is 3. The van der Waals surface area contributed by atoms with Crippen LogP contribution in [0.4, 0.5) is 8.78 Å². The molecule has 8 rings (SSSR count). The molecule has 1 amide bonds. The van der Waals surface area contributed by atoms with Crippen molar-refractivity contribution in [1.82, 2.24) is 14.5 Å². The predicted molar refractivity (Wildman–Crippen MR) is 234 cm³/mol. The topological polar surface area (TPSA) is 155 Å². The highest BCUT2D eigenvalue weighted by Gasteiger charge is 2.43. The summed E-state index contributed by atoms with van der Waals surface area (Å²) in [6.45, 7) is -0.347. The summed E-state index contributed by atoms with van der Waals surface area (Å²) in [4.78, 5) is 46.7. The Morgan fingerprint density at radius 3 is 2.42 bits per heavy atom. The van der Waals surface area contributed by atoms with E-state index in [0.717, 1.165) is 61.3 Å². The summed E-state index contributed by atoms with van der Waals surface area (Å²) in [5, 5.41) is 1.89. The van der Waals surface area contributed by atoms with E-state index in [1.54, 1.807) is 30.3 Å². The minimum absolute atomic E-state index is 0.0178. The first kappa shape index (κ1) is 46.0. The van der Waals surface area contributed by atoms with E-state index in [1.807, 2.05) is 0 Å². The van der Waals surface area contributed by atoms with Crippen LogP contribution >= 0.6 is 35.0 Å². The normalized spacial score (nSPS) is 22.0. The number of fused-ring (bicyclic) bond motifs is 2. The molecule has 3 aromatic carbocycles. The van der Waals surface area contributed by atoms with Crippen LogP contribution < -0.4 is 19.8 Å². The molecular weight excluding hydrogens is 914 g/mol. The minimum atomic E-state index is -4.44. The number of aromatic nitrogens is 1. The molecule has 64 heavy (non-hydrogen) atoms. The SMILES string of the molecule is O=C(NC(C(=O)O[C@@H]1CC2CCCN(C2)C1)c1ccccc1)c1cccc(S(=O)(=O)N2CCS[C@H]2C(=O)O[C@@H](Cc2c(Cl)c[nH+]cc2Cl)c2ccc(OC(F)F)c(OCC3CC3)c2)c1. The van der Waals surface area contributed by atoms with E-state index in [1.165, 1.54) is 54.9 Å². The number of amides is 1. The lowest BCUT2D eigenvalue weighted by Crippen LogP contribution is -2.49. The number of rotatable bonds is 17. The van der Waals surface area contributed by atoms with Gasteiger partial charge in [-0.25, -0.2) is 23.0 Å². The Balaban J connectivity index is 1.01. The Hall–Kier alpha value is -4.52. The lowest BCUT2D eigenvalue weighted by Gasteiger charge is -2.41. The molecule has 2 N–H and O–H groups in total. The molecule has 19 heteroatoms. The molecule has 3 aliphatic heterocycles. The second-order valence-corrected chi connectivity index (χ2v) is 20.2. The van der Waals surface area contributed by atoms with Gasteiger partial charge in [-0.05, 0) is 91.9 Å². The lowest BCUT2D eigenvalue weighted by molar-refractivity contribution is -0.377. The zero-order valence-electron chi connectivity index (χ0n) is 34.5. The number of carbonyl (C=O) groups excluding carboxylic acids is 3. The molecule has 1 saturated carbocycles. The second-order valence-electron chi connectivity index (χ2n) is 16.3. The molecule has 13 nitrogen and oxygen atoms in total. The summed E-state index contributed by atoms with van der Waals surface area (Å²) < 4.78 is 79.3. The van der Waals surface area contributed by atoms with Crippen LogP contribution in [0, 0.1) is 11.8 Å². The van der Waals surface area contributed by atoms with E-state index in [2.05, 4.69) is 15.2 Å². The number of carbonyl (C=O) groups is 3. The summed E-state index contributed by atoms with van der Waals surface area (Å²) in [5.41, 5.74) is 1.20. The number of alkyl halides is 2. The van der Waals surface area contributed by atoms with Crippen molar-refractivity contribution in [3.8, 4) is 11.5 Å². The van der Waals surface area contributed by atoms with Gasteiger partial charge in [0.15, 0.2) is 35.3 Å². The van der Waals surface area contributed by atoms with Crippen LogP contribution in [-0.4, -0.2) is 92.1 Å². The molecule has 3 saturated heterocycles. The van der Waals surface area contributed by atoms with E-state index in [4.69, 9.17) is 42.1 Å². The molecule has 4 aromatic rings. The van der Waals surface area contributed by atoms with Crippen molar-refractivity contribution in [3.05, 3.63) is 117 Å². The molecule has 0 spiro atoms. The van der Waals surface area contributed by atoms with Gasteiger partial charge in [-0.1, -0.05) is 65.7 Å². The Kier molecular flexibility index (Phi) is 14.6. The first-order valence-electron chi connectivity index (χ1n) is 21.1. The number of hydrogen-bond donors (Lipinski definition) is 1. The third-order valence-corrected chi connectivity index (χ3v) is 15.6. The number of H-pyrrole nitrogens is 1. The zero-order chi connectivity index (χ0) is 45.0. The molecule has 4 heterocycles. The van der Waals surface area contributed by atoms with E-state index >= 15 is 0 Å². The molecule has 1 aliphatic carbocycles. The third-order valence-electron chi connectivity index (χ3n) is 11.7. The molecule has 2 bridgehead atoms. The fraction of sp³-hybridized carbons (Fsp3) is 0.422. The van der Waals surface area contributed by atoms with Crippen molar-refractivity contribution >= 4 is 62.8 Å². The van der Waals surface area contributed by atoms with Crippen LogP contribution in [-0.2, 0) is 35.5 Å². The summed E-state index contributed by atoms with van der Waals surface area (Å²) in [6, 6.07) is 17.1. The maximum atomic E-state index is 14.4. The van der Waals surface area contributed by atoms with Gasteiger partial charge in [-0.2, -0.15) is 13.1 Å². The molecule has 6 atom stereocenters. The number of sulfonamides is 1. The summed E-state index contributed by atoms with van der Waals surface area (Å²) in [5.74, 6) is -1.45. The first-order valence-corrected chi connectivity index (χ1v) is 24.3. The lowest BCUT2D eigenvalue weighted by atomic mass is 9.88. The maximum Gasteiger partial charge on any atom is 0.387 e. The molecule has 1 aromatic heterocycles. The van der Waals surface area contributed by atoms with Gasteiger partial charge in [0.2, 0.25) is 10.0 Å². The Morgan fingerprint density at radius 1 is 0.906 bits per heavy atom. The number of nitrogens with one attached hydrogen (secondary N) is 2. The van der Waals surface area contributed by atoms with Crippen molar-refractivity contribution in [3.63, 3.8) is 0 Å². The van der Waals surface area contributed by atoms with E-state index < -0.39 is 52.0 Å². The number of halogens is 4. The van der Waals surface area contributed by atoms with Gasteiger partial charge in [-0.3, -0.25) is 9.69 Å². The van der Waals surface area contributed by atoms with E-state index in [9.17, 15) is 31.6 Å². The number of pyridine rings is 1. The van der Waals surface area contributed by atoms with Crippen LogP contribution in [0.15, 0.2) is 90.1 Å². The van der Waals surface area contributed by atoms with Gasteiger partial charge in [-0.15, -0.1) is 11.8 Å². The van der Waals surface area contributed by atoms with Crippen molar-refractivity contribution in [1.29, 1.82) is 0 Å². The van der Waals surface area contributed by atoms with Crippen LogP contribution in [0.25, 0.3) is 0 Å². The molecule has 4 fully saturated rings. The minimum Gasteiger partial charge on any atom is -0.489 e. The van der Waals surface area contributed by atoms with Crippen LogP contribution in [0.3, 0.4) is 0 Å². The van der Waals surface area contributed by atoms with Crippen molar-refractivity contribution in [2.24, 2.45) is 11.8 Å². The third kappa shape index (κ3) is 11.1. The van der Waals surface area contributed by atoms with Gasteiger partial charge in [0.05, 0.1) is 11.5 Å². The largest absolute Gasteiger partial charge is 0.489 e. The van der Waals surface area contributed by atoms with E-state index in [-0.39, 0.29) is 69.4 Å². The maximum absolute atomic E-state index is 14.4. The average molecular weight is 961 g/mol. The highest BCUT2D eigenvalue weighted by molar-refractivity contribution is 8.02. The molecule has 0 radical (unpaired) electrons. The zero-order valence-corrected chi connectivity index (χ0v) is 37.7. The highest BCUT2D eigenvalue weighted by atomic mass is 35.5. The first-order chi connectivity index (χ1) is 30.8. The number of thioether (sulfide) groups is 1. The number of esters is 2. The van der Waals surface area contributed by atoms with Crippen LogP contribution in [0.5, 0.6) is 11.5 Å².